The Morgan fingerprint density at radius 2 is 1.71 bits per heavy atom. The van der Waals surface area contributed by atoms with Crippen molar-refractivity contribution in [1.82, 2.24) is 10.3 Å². The Bertz CT molecular complexity index is 1330. The Balaban J connectivity index is 1.11. The minimum Gasteiger partial charge on any atom is -0.497 e. The van der Waals surface area contributed by atoms with Crippen LogP contribution >= 0.6 is 0 Å². The zero-order valence-corrected chi connectivity index (χ0v) is 19.9. The summed E-state index contributed by atoms with van der Waals surface area (Å²) in [7, 11) is 1.70. The highest BCUT2D eigenvalue weighted by Gasteiger charge is 2.30. The number of aromatic nitrogens is 1. The minimum atomic E-state index is -0.321. The average Bonchev–Trinajstić information content (AvgIpc) is 3.46. The lowest BCUT2D eigenvalue weighted by atomic mass is 9.81. The fourth-order valence-electron chi connectivity index (χ4n) is 6.00. The third kappa shape index (κ3) is 4.05. The molecular weight excluding hydrogens is 436 g/mol. The standard InChI is InChI=1S/C30H30N2O3/c1-34-21-13-14-29-26(16-21)27(17-31-29)19-7-6-8-20(15-19)32-30(33)35-18-28-24-11-4-2-9-22(24)23-10-3-5-12-25(23)28/h2-5,9-14,16-17,19-20,28,31H,6-8,15,18H2,1H3,(H,32,33)/t19-,20+/m1/s1. The van der Waals surface area contributed by atoms with Crippen molar-refractivity contribution in [2.75, 3.05) is 13.7 Å². The molecule has 1 aromatic heterocycles. The zero-order valence-electron chi connectivity index (χ0n) is 19.9. The van der Waals surface area contributed by atoms with E-state index in [1.165, 1.54) is 33.2 Å². The number of hydrogen-bond acceptors (Lipinski definition) is 3. The minimum absolute atomic E-state index is 0.0773. The van der Waals surface area contributed by atoms with Gasteiger partial charge in [-0.3, -0.25) is 0 Å². The Kier molecular flexibility index (Phi) is 5.69. The highest BCUT2D eigenvalue weighted by molar-refractivity contribution is 5.85. The van der Waals surface area contributed by atoms with Gasteiger partial charge >= 0.3 is 6.09 Å². The summed E-state index contributed by atoms with van der Waals surface area (Å²) < 4.78 is 11.2. The first-order valence-corrected chi connectivity index (χ1v) is 12.5. The predicted molar refractivity (Wildman–Crippen MR) is 138 cm³/mol. The number of rotatable bonds is 5. The highest BCUT2D eigenvalue weighted by Crippen LogP contribution is 2.44. The third-order valence-corrected chi connectivity index (χ3v) is 7.70. The molecule has 2 atom stereocenters. The summed E-state index contributed by atoms with van der Waals surface area (Å²) in [6.45, 7) is 0.345. The molecule has 35 heavy (non-hydrogen) atoms. The van der Waals surface area contributed by atoms with E-state index in [0.29, 0.717) is 12.5 Å². The van der Waals surface area contributed by atoms with E-state index in [1.807, 2.05) is 6.07 Å². The average molecular weight is 467 g/mol. The molecule has 2 N–H and O–H groups in total. The SMILES string of the molecule is COc1ccc2[nH]cc([C@@H]3CCC[C@H](NC(=O)OCC4c5ccccc5-c5ccccc54)C3)c2c1. The first kappa shape index (κ1) is 21.8. The number of H-pyrrole nitrogens is 1. The fourth-order valence-corrected chi connectivity index (χ4v) is 6.00. The third-order valence-electron chi connectivity index (χ3n) is 7.70. The lowest BCUT2D eigenvalue weighted by Crippen LogP contribution is -2.38. The van der Waals surface area contributed by atoms with Crippen molar-refractivity contribution >= 4 is 17.0 Å². The molecule has 2 aliphatic rings. The summed E-state index contributed by atoms with van der Waals surface area (Å²) in [6, 6.07) is 23.1. The number of methoxy groups -OCH3 is 1. The Hall–Kier alpha value is -3.73. The molecule has 0 radical (unpaired) electrons. The maximum atomic E-state index is 12.8. The molecule has 0 aliphatic heterocycles. The summed E-state index contributed by atoms with van der Waals surface area (Å²) in [4.78, 5) is 16.2. The van der Waals surface area contributed by atoms with Crippen LogP contribution in [0.15, 0.2) is 72.9 Å². The van der Waals surface area contributed by atoms with Crippen molar-refractivity contribution in [1.29, 1.82) is 0 Å². The lowest BCUT2D eigenvalue weighted by molar-refractivity contribution is 0.135. The topological polar surface area (TPSA) is 63.3 Å². The molecule has 1 heterocycles. The normalized spacial score (nSPS) is 19.2. The van der Waals surface area contributed by atoms with Crippen molar-refractivity contribution < 1.29 is 14.3 Å². The maximum absolute atomic E-state index is 12.8. The quantitative estimate of drug-likeness (QED) is 0.342. The molecule has 5 heteroatoms. The first-order valence-electron chi connectivity index (χ1n) is 12.5. The van der Waals surface area contributed by atoms with Crippen molar-refractivity contribution in [3.63, 3.8) is 0 Å². The molecular formula is C30H30N2O3. The molecule has 6 rings (SSSR count). The predicted octanol–water partition coefficient (Wildman–Crippen LogP) is 6.74. The largest absolute Gasteiger partial charge is 0.497 e. The molecule has 1 saturated carbocycles. The molecule has 1 amide bonds. The number of hydrogen-bond donors (Lipinski definition) is 2. The van der Waals surface area contributed by atoms with E-state index >= 15 is 0 Å². The van der Waals surface area contributed by atoms with E-state index in [0.717, 1.165) is 36.9 Å². The van der Waals surface area contributed by atoms with Crippen molar-refractivity contribution in [2.45, 2.75) is 43.6 Å². The van der Waals surface area contributed by atoms with E-state index in [4.69, 9.17) is 9.47 Å². The molecule has 3 aromatic carbocycles. The van der Waals surface area contributed by atoms with E-state index < -0.39 is 0 Å². The number of alkyl carbamates (subject to hydrolysis) is 1. The van der Waals surface area contributed by atoms with Gasteiger partial charge in [-0.25, -0.2) is 4.79 Å². The van der Waals surface area contributed by atoms with Crippen LogP contribution in [-0.2, 0) is 4.74 Å². The second kappa shape index (κ2) is 9.14. The van der Waals surface area contributed by atoms with Gasteiger partial charge < -0.3 is 19.8 Å². The van der Waals surface area contributed by atoms with Crippen molar-refractivity contribution in [2.24, 2.45) is 0 Å². The molecule has 178 valence electrons. The van der Waals surface area contributed by atoms with E-state index in [2.05, 4.69) is 77.2 Å². The number of ether oxygens (including phenoxy) is 2. The van der Waals surface area contributed by atoms with Gasteiger partial charge in [0.25, 0.3) is 0 Å². The van der Waals surface area contributed by atoms with Crippen LogP contribution in [0.1, 0.15) is 54.2 Å². The molecule has 0 saturated heterocycles. The molecule has 2 aliphatic carbocycles. The second-order valence-corrected chi connectivity index (χ2v) is 9.69. The smallest absolute Gasteiger partial charge is 0.407 e. The van der Waals surface area contributed by atoms with Crippen LogP contribution in [0.25, 0.3) is 22.0 Å². The van der Waals surface area contributed by atoms with Gasteiger partial charge in [-0.1, -0.05) is 55.0 Å². The van der Waals surface area contributed by atoms with Crippen LogP contribution in [0.5, 0.6) is 5.75 Å². The van der Waals surface area contributed by atoms with Crippen molar-refractivity contribution in [3.05, 3.63) is 89.6 Å². The zero-order chi connectivity index (χ0) is 23.8. The van der Waals surface area contributed by atoms with Gasteiger partial charge in [0.15, 0.2) is 0 Å². The monoisotopic (exact) mass is 466 g/mol. The second-order valence-electron chi connectivity index (χ2n) is 9.69. The van der Waals surface area contributed by atoms with Crippen LogP contribution in [-0.4, -0.2) is 30.8 Å². The first-order chi connectivity index (χ1) is 17.2. The fraction of sp³-hybridized carbons (Fsp3) is 0.300. The number of fused-ring (bicyclic) bond motifs is 4. The van der Waals surface area contributed by atoms with Crippen LogP contribution < -0.4 is 10.1 Å². The van der Waals surface area contributed by atoms with Crippen LogP contribution in [0.2, 0.25) is 0 Å². The Labute approximate surface area is 205 Å². The van der Waals surface area contributed by atoms with Crippen LogP contribution in [0.3, 0.4) is 0 Å². The summed E-state index contributed by atoms with van der Waals surface area (Å²) >= 11 is 0. The molecule has 5 nitrogen and oxygen atoms in total. The van der Waals surface area contributed by atoms with Crippen LogP contribution in [0, 0.1) is 0 Å². The van der Waals surface area contributed by atoms with Gasteiger partial charge in [-0.15, -0.1) is 0 Å². The summed E-state index contributed by atoms with van der Waals surface area (Å²) in [6.07, 6.45) is 5.88. The van der Waals surface area contributed by atoms with Crippen LogP contribution in [0.4, 0.5) is 4.79 Å². The number of carbonyl (C=O) groups excluding carboxylic acids is 1. The lowest BCUT2D eigenvalue weighted by Gasteiger charge is -2.29. The van der Waals surface area contributed by atoms with Gasteiger partial charge in [0, 0.05) is 29.1 Å². The Morgan fingerprint density at radius 1 is 0.971 bits per heavy atom. The number of benzene rings is 3. The van der Waals surface area contributed by atoms with E-state index in [-0.39, 0.29) is 18.1 Å². The molecule has 0 bridgehead atoms. The number of nitrogens with one attached hydrogen (secondary N) is 2. The van der Waals surface area contributed by atoms with Gasteiger partial charge in [-0.2, -0.15) is 0 Å². The van der Waals surface area contributed by atoms with Crippen molar-refractivity contribution in [3.8, 4) is 16.9 Å². The summed E-state index contributed by atoms with van der Waals surface area (Å²) in [5.74, 6) is 1.33. The molecule has 4 aromatic rings. The summed E-state index contributed by atoms with van der Waals surface area (Å²) in [5.41, 5.74) is 7.36. The molecule has 1 fully saturated rings. The van der Waals surface area contributed by atoms with E-state index in [1.54, 1.807) is 7.11 Å². The van der Waals surface area contributed by atoms with Gasteiger partial charge in [-0.05, 0) is 71.2 Å². The van der Waals surface area contributed by atoms with Gasteiger partial charge in [0.05, 0.1) is 7.11 Å². The highest BCUT2D eigenvalue weighted by atomic mass is 16.5. The number of amides is 1. The van der Waals surface area contributed by atoms with Gasteiger partial charge in [0.2, 0.25) is 0 Å². The van der Waals surface area contributed by atoms with E-state index in [9.17, 15) is 4.79 Å². The molecule has 0 spiro atoms. The summed E-state index contributed by atoms with van der Waals surface area (Å²) in [5, 5.41) is 4.36. The number of carbonyl (C=O) groups is 1. The molecule has 0 unspecified atom stereocenters. The Morgan fingerprint density at radius 3 is 2.46 bits per heavy atom. The maximum Gasteiger partial charge on any atom is 0.407 e. The van der Waals surface area contributed by atoms with Gasteiger partial charge in [0.1, 0.15) is 12.4 Å². The number of aromatic amines is 1.